The molecule has 0 unspecified atom stereocenters. The third-order valence-electron chi connectivity index (χ3n) is 6.71. The Kier molecular flexibility index (Phi) is 5.66. The summed E-state index contributed by atoms with van der Waals surface area (Å²) in [6.07, 6.45) is 2.57. The van der Waals surface area contributed by atoms with Gasteiger partial charge in [0.2, 0.25) is 0 Å². The molecule has 0 aliphatic carbocycles. The molecule has 168 valence electrons. The van der Waals surface area contributed by atoms with Crippen molar-refractivity contribution in [1.82, 2.24) is 14.5 Å². The van der Waals surface area contributed by atoms with Gasteiger partial charge in [-0.1, -0.05) is 12.1 Å². The van der Waals surface area contributed by atoms with Gasteiger partial charge in [-0.15, -0.1) is 0 Å². The van der Waals surface area contributed by atoms with Crippen LogP contribution >= 0.6 is 0 Å². The van der Waals surface area contributed by atoms with E-state index in [1.165, 1.54) is 22.4 Å². The number of aromatic nitrogens is 2. The van der Waals surface area contributed by atoms with Gasteiger partial charge in [-0.3, -0.25) is 9.47 Å². The molecule has 6 nitrogen and oxygen atoms in total. The number of aliphatic hydroxyl groups is 1. The standard InChI is InChI=1S/C26H32N4O2/c1-18(2)28-9-11-29(12-10-28)22-6-4-20(5-7-22)23-15-25-24(14-19(23)3)30-16-21(8-13-31)27-26(30)17-32-25/h4-7,14-16,18,31H,8-13,17H2,1-3H3. The summed E-state index contributed by atoms with van der Waals surface area (Å²) in [6, 6.07) is 13.9. The number of aryl methyl sites for hydroxylation is 1. The van der Waals surface area contributed by atoms with Crippen molar-refractivity contribution >= 4 is 5.69 Å². The Morgan fingerprint density at radius 3 is 2.50 bits per heavy atom. The molecule has 0 amide bonds. The number of rotatable bonds is 5. The fourth-order valence-electron chi connectivity index (χ4n) is 4.80. The average molecular weight is 433 g/mol. The summed E-state index contributed by atoms with van der Waals surface area (Å²) in [5, 5.41) is 9.23. The highest BCUT2D eigenvalue weighted by Crippen LogP contribution is 2.37. The van der Waals surface area contributed by atoms with Crippen LogP contribution in [-0.4, -0.2) is 58.4 Å². The van der Waals surface area contributed by atoms with Gasteiger partial charge in [0.1, 0.15) is 12.4 Å². The van der Waals surface area contributed by atoms with Crippen molar-refractivity contribution in [3.8, 4) is 22.6 Å². The van der Waals surface area contributed by atoms with E-state index in [4.69, 9.17) is 4.74 Å². The van der Waals surface area contributed by atoms with Crippen molar-refractivity contribution in [2.75, 3.05) is 37.7 Å². The SMILES string of the molecule is Cc1cc2c(cc1-c1ccc(N3CCN(C(C)C)CC3)cc1)OCc1nc(CCO)cn1-2. The fourth-order valence-corrected chi connectivity index (χ4v) is 4.80. The highest BCUT2D eigenvalue weighted by Gasteiger charge is 2.22. The van der Waals surface area contributed by atoms with Gasteiger partial charge >= 0.3 is 0 Å². The average Bonchev–Trinajstić information content (AvgIpc) is 3.22. The number of benzene rings is 2. The first-order chi connectivity index (χ1) is 15.5. The number of fused-ring (bicyclic) bond motifs is 3. The molecule has 1 aromatic heterocycles. The minimum absolute atomic E-state index is 0.103. The third kappa shape index (κ3) is 3.89. The maximum Gasteiger partial charge on any atom is 0.151 e. The first-order valence-corrected chi connectivity index (χ1v) is 11.6. The summed E-state index contributed by atoms with van der Waals surface area (Å²) in [4.78, 5) is 9.61. The summed E-state index contributed by atoms with van der Waals surface area (Å²) < 4.78 is 8.15. The van der Waals surface area contributed by atoms with Crippen LogP contribution in [0.3, 0.4) is 0 Å². The molecule has 3 aromatic rings. The molecule has 0 radical (unpaired) electrons. The molecule has 0 saturated carbocycles. The molecule has 5 rings (SSSR count). The van der Waals surface area contributed by atoms with Crippen LogP contribution in [0.25, 0.3) is 16.8 Å². The van der Waals surface area contributed by atoms with E-state index in [1.54, 1.807) is 0 Å². The monoisotopic (exact) mass is 432 g/mol. The predicted molar refractivity (Wildman–Crippen MR) is 128 cm³/mol. The lowest BCUT2D eigenvalue weighted by Gasteiger charge is -2.38. The Morgan fingerprint density at radius 2 is 1.81 bits per heavy atom. The van der Waals surface area contributed by atoms with E-state index in [9.17, 15) is 5.11 Å². The Hall–Kier alpha value is -2.83. The van der Waals surface area contributed by atoms with Gasteiger partial charge in [-0.05, 0) is 61.7 Å². The van der Waals surface area contributed by atoms with Gasteiger partial charge in [0.15, 0.2) is 5.82 Å². The summed E-state index contributed by atoms with van der Waals surface area (Å²) in [6.45, 7) is 11.6. The summed E-state index contributed by atoms with van der Waals surface area (Å²) in [5.74, 6) is 1.76. The lowest BCUT2D eigenvalue weighted by Crippen LogP contribution is -2.48. The molecule has 1 N–H and O–H groups in total. The van der Waals surface area contributed by atoms with Gasteiger partial charge in [0.05, 0.1) is 11.4 Å². The van der Waals surface area contributed by atoms with Crippen LogP contribution in [0.1, 0.15) is 30.9 Å². The van der Waals surface area contributed by atoms with Crippen LogP contribution < -0.4 is 9.64 Å². The molecule has 2 aromatic carbocycles. The van der Waals surface area contributed by atoms with E-state index in [-0.39, 0.29) is 6.61 Å². The number of aliphatic hydroxyl groups excluding tert-OH is 1. The largest absolute Gasteiger partial charge is 0.483 e. The predicted octanol–water partition coefficient (Wildman–Crippen LogP) is 3.81. The van der Waals surface area contributed by atoms with Crippen LogP contribution in [0.5, 0.6) is 5.75 Å². The highest BCUT2D eigenvalue weighted by atomic mass is 16.5. The fraction of sp³-hybridized carbons (Fsp3) is 0.423. The van der Waals surface area contributed by atoms with Crippen molar-refractivity contribution in [2.24, 2.45) is 0 Å². The van der Waals surface area contributed by atoms with Gasteiger partial charge in [0, 0.05) is 57.1 Å². The minimum atomic E-state index is 0.103. The minimum Gasteiger partial charge on any atom is -0.483 e. The Morgan fingerprint density at radius 1 is 1.06 bits per heavy atom. The van der Waals surface area contributed by atoms with Gasteiger partial charge in [-0.2, -0.15) is 0 Å². The molecule has 3 heterocycles. The van der Waals surface area contributed by atoms with Crippen LogP contribution in [-0.2, 0) is 13.0 Å². The number of anilines is 1. The third-order valence-corrected chi connectivity index (χ3v) is 6.71. The van der Waals surface area contributed by atoms with Gasteiger partial charge < -0.3 is 14.7 Å². The Bertz CT molecular complexity index is 1100. The Balaban J connectivity index is 1.38. The molecular formula is C26H32N4O2. The first-order valence-electron chi connectivity index (χ1n) is 11.6. The molecule has 1 fully saturated rings. The number of piperazine rings is 1. The number of ether oxygens (including phenoxy) is 1. The summed E-state index contributed by atoms with van der Waals surface area (Å²) >= 11 is 0. The van der Waals surface area contributed by atoms with Crippen LogP contribution in [0.2, 0.25) is 0 Å². The van der Waals surface area contributed by atoms with E-state index < -0.39 is 0 Å². The molecule has 0 spiro atoms. The molecule has 1 saturated heterocycles. The van der Waals surface area contributed by atoms with Crippen molar-refractivity contribution in [3.63, 3.8) is 0 Å². The van der Waals surface area contributed by atoms with E-state index in [1.807, 2.05) is 6.20 Å². The molecule has 0 atom stereocenters. The van der Waals surface area contributed by atoms with E-state index in [2.05, 4.69) is 76.5 Å². The summed E-state index contributed by atoms with van der Waals surface area (Å²) in [7, 11) is 0. The van der Waals surface area contributed by atoms with Crippen molar-refractivity contribution in [2.45, 2.75) is 39.8 Å². The zero-order valence-corrected chi connectivity index (χ0v) is 19.2. The lowest BCUT2D eigenvalue weighted by atomic mass is 9.98. The van der Waals surface area contributed by atoms with Crippen LogP contribution in [0.15, 0.2) is 42.6 Å². The van der Waals surface area contributed by atoms with Crippen LogP contribution in [0.4, 0.5) is 5.69 Å². The Labute approximate surface area is 190 Å². The normalized spacial score (nSPS) is 16.1. The number of hydrogen-bond donors (Lipinski definition) is 1. The number of nitrogens with zero attached hydrogens (tertiary/aromatic N) is 4. The topological polar surface area (TPSA) is 53.8 Å². The second-order valence-corrected chi connectivity index (χ2v) is 9.08. The number of imidazole rings is 1. The molecule has 0 bridgehead atoms. The zero-order valence-electron chi connectivity index (χ0n) is 19.2. The van der Waals surface area contributed by atoms with Crippen molar-refractivity contribution in [3.05, 3.63) is 59.7 Å². The molecule has 6 heteroatoms. The quantitative estimate of drug-likeness (QED) is 0.665. The zero-order chi connectivity index (χ0) is 22.2. The first kappa shape index (κ1) is 21.0. The molecule has 2 aliphatic heterocycles. The smallest absolute Gasteiger partial charge is 0.151 e. The second kappa shape index (κ2) is 8.60. The highest BCUT2D eigenvalue weighted by molar-refractivity contribution is 5.74. The number of hydrogen-bond acceptors (Lipinski definition) is 5. The van der Waals surface area contributed by atoms with E-state index in [0.29, 0.717) is 19.1 Å². The van der Waals surface area contributed by atoms with Gasteiger partial charge in [-0.25, -0.2) is 4.98 Å². The second-order valence-electron chi connectivity index (χ2n) is 9.08. The molecule has 32 heavy (non-hydrogen) atoms. The van der Waals surface area contributed by atoms with Crippen LogP contribution in [0, 0.1) is 6.92 Å². The maximum atomic E-state index is 9.23. The van der Waals surface area contributed by atoms with Crippen molar-refractivity contribution in [1.29, 1.82) is 0 Å². The van der Waals surface area contributed by atoms with Crippen molar-refractivity contribution < 1.29 is 9.84 Å². The van der Waals surface area contributed by atoms with E-state index >= 15 is 0 Å². The maximum absolute atomic E-state index is 9.23. The molecule has 2 aliphatic rings. The van der Waals surface area contributed by atoms with E-state index in [0.717, 1.165) is 49.1 Å². The molecular weight excluding hydrogens is 400 g/mol. The lowest BCUT2D eigenvalue weighted by molar-refractivity contribution is 0.209. The van der Waals surface area contributed by atoms with Gasteiger partial charge in [0.25, 0.3) is 0 Å². The summed E-state index contributed by atoms with van der Waals surface area (Å²) in [5.41, 5.74) is 6.81.